The predicted octanol–water partition coefficient (Wildman–Crippen LogP) is 0.885. The molecular formula is C6H11NOS. The topological polar surface area (TPSA) is 20.3 Å². The fourth-order valence-electron chi connectivity index (χ4n) is 1.16. The molecule has 0 unspecified atom stereocenters. The largest absolute Gasteiger partial charge is 0.298 e. The zero-order chi connectivity index (χ0) is 6.85. The third-order valence-electron chi connectivity index (χ3n) is 1.69. The lowest BCUT2D eigenvalue weighted by molar-refractivity contribution is -0.119. The van der Waals surface area contributed by atoms with Crippen LogP contribution in [0.5, 0.6) is 0 Å². The molecule has 0 spiro atoms. The monoisotopic (exact) mass is 145 g/mol. The van der Waals surface area contributed by atoms with Crippen LogP contribution in [-0.2, 0) is 4.79 Å². The zero-order valence-electron chi connectivity index (χ0n) is 5.50. The van der Waals surface area contributed by atoms with Crippen molar-refractivity contribution in [2.75, 3.05) is 6.54 Å². The summed E-state index contributed by atoms with van der Waals surface area (Å²) in [5.41, 5.74) is 0. The smallest absolute Gasteiger partial charge is 0.147 e. The van der Waals surface area contributed by atoms with Crippen LogP contribution in [0.25, 0.3) is 0 Å². The van der Waals surface area contributed by atoms with E-state index in [-0.39, 0.29) is 11.8 Å². The van der Waals surface area contributed by atoms with Crippen LogP contribution in [0.4, 0.5) is 0 Å². The van der Waals surface area contributed by atoms with Crippen LogP contribution in [0.1, 0.15) is 19.8 Å². The van der Waals surface area contributed by atoms with Crippen LogP contribution in [0.3, 0.4) is 0 Å². The highest BCUT2D eigenvalue weighted by Gasteiger charge is 2.24. The van der Waals surface area contributed by atoms with E-state index in [4.69, 9.17) is 0 Å². The van der Waals surface area contributed by atoms with Crippen molar-refractivity contribution in [1.82, 2.24) is 4.31 Å². The summed E-state index contributed by atoms with van der Waals surface area (Å²) in [6, 6.07) is 0.0910. The lowest BCUT2D eigenvalue weighted by Gasteiger charge is -2.13. The number of carbonyl (C=O) groups excluding carboxylic acids is 1. The Morgan fingerprint density at radius 3 is 2.67 bits per heavy atom. The fraction of sp³-hybridized carbons (Fsp3) is 0.833. The Kier molecular flexibility index (Phi) is 2.13. The van der Waals surface area contributed by atoms with Gasteiger partial charge in [0.05, 0.1) is 6.04 Å². The van der Waals surface area contributed by atoms with Gasteiger partial charge in [-0.2, -0.15) is 0 Å². The van der Waals surface area contributed by atoms with Crippen LogP contribution in [0.15, 0.2) is 0 Å². The third kappa shape index (κ3) is 1.46. The summed E-state index contributed by atoms with van der Waals surface area (Å²) in [6.45, 7) is 2.58. The maximum Gasteiger partial charge on any atom is 0.147 e. The number of ketones is 1. The standard InChI is InChI=1S/C6H11NOS/c1-5(8)6-3-2-4-7(6)9/h6,9H,2-4H2,1H3/t6-/m1/s1. The molecule has 1 aliphatic heterocycles. The second-order valence-electron chi connectivity index (χ2n) is 2.43. The Morgan fingerprint density at radius 2 is 2.44 bits per heavy atom. The van der Waals surface area contributed by atoms with Crippen molar-refractivity contribution < 1.29 is 4.79 Å². The number of Topliss-reactive ketones (excluding diaryl/α,β-unsaturated/α-hetero) is 1. The number of nitrogens with zero attached hydrogens (tertiary/aromatic N) is 1. The minimum Gasteiger partial charge on any atom is -0.298 e. The minimum atomic E-state index is 0.0910. The van der Waals surface area contributed by atoms with Crippen LogP contribution in [0.2, 0.25) is 0 Å². The number of carbonyl (C=O) groups is 1. The fourth-order valence-corrected chi connectivity index (χ4v) is 1.58. The van der Waals surface area contributed by atoms with E-state index in [1.807, 2.05) is 4.31 Å². The molecule has 1 atom stereocenters. The molecule has 0 aromatic carbocycles. The molecule has 0 saturated carbocycles. The molecule has 0 N–H and O–H groups in total. The average Bonchev–Trinajstić information content (AvgIpc) is 2.13. The molecule has 1 saturated heterocycles. The lowest BCUT2D eigenvalue weighted by Crippen LogP contribution is -2.26. The van der Waals surface area contributed by atoms with Crippen molar-refractivity contribution in [3.8, 4) is 0 Å². The van der Waals surface area contributed by atoms with Crippen LogP contribution in [0, 0.1) is 0 Å². The number of hydrogen-bond acceptors (Lipinski definition) is 3. The molecule has 0 bridgehead atoms. The van der Waals surface area contributed by atoms with Gasteiger partial charge in [0, 0.05) is 6.54 Å². The van der Waals surface area contributed by atoms with E-state index in [2.05, 4.69) is 12.8 Å². The van der Waals surface area contributed by atoms with Crippen molar-refractivity contribution in [3.63, 3.8) is 0 Å². The molecule has 1 fully saturated rings. The van der Waals surface area contributed by atoms with E-state index in [9.17, 15) is 4.79 Å². The molecule has 0 radical (unpaired) electrons. The number of thiol groups is 1. The van der Waals surface area contributed by atoms with E-state index in [1.54, 1.807) is 6.92 Å². The van der Waals surface area contributed by atoms with Crippen LogP contribution >= 0.6 is 12.8 Å². The molecule has 1 heterocycles. The minimum absolute atomic E-state index is 0.0910. The van der Waals surface area contributed by atoms with Crippen molar-refractivity contribution in [2.24, 2.45) is 0 Å². The quantitative estimate of drug-likeness (QED) is 0.553. The normalized spacial score (nSPS) is 28.9. The summed E-state index contributed by atoms with van der Waals surface area (Å²) in [5.74, 6) is 0.238. The van der Waals surface area contributed by atoms with E-state index >= 15 is 0 Å². The zero-order valence-corrected chi connectivity index (χ0v) is 6.40. The second-order valence-corrected chi connectivity index (χ2v) is 2.95. The van der Waals surface area contributed by atoms with E-state index < -0.39 is 0 Å². The molecule has 0 aromatic heterocycles. The summed E-state index contributed by atoms with van der Waals surface area (Å²) in [4.78, 5) is 10.8. The van der Waals surface area contributed by atoms with Gasteiger partial charge in [0.2, 0.25) is 0 Å². The van der Waals surface area contributed by atoms with E-state index in [0.29, 0.717) is 0 Å². The van der Waals surface area contributed by atoms with Gasteiger partial charge in [0.1, 0.15) is 5.78 Å². The molecule has 2 nitrogen and oxygen atoms in total. The third-order valence-corrected chi connectivity index (χ3v) is 2.17. The summed E-state index contributed by atoms with van der Waals surface area (Å²) >= 11 is 4.14. The SMILES string of the molecule is CC(=O)[C@H]1CCCN1S. The van der Waals surface area contributed by atoms with Gasteiger partial charge in [-0.3, -0.25) is 4.79 Å². The molecule has 0 aliphatic carbocycles. The summed E-state index contributed by atoms with van der Waals surface area (Å²) in [7, 11) is 0. The van der Waals surface area contributed by atoms with Crippen LogP contribution < -0.4 is 0 Å². The van der Waals surface area contributed by atoms with E-state index in [0.717, 1.165) is 19.4 Å². The maximum atomic E-state index is 10.8. The van der Waals surface area contributed by atoms with Gasteiger partial charge in [0.15, 0.2) is 0 Å². The van der Waals surface area contributed by atoms with Gasteiger partial charge in [-0.25, -0.2) is 4.31 Å². The number of hydrogen-bond donors (Lipinski definition) is 1. The summed E-state index contributed by atoms with van der Waals surface area (Å²) in [5, 5.41) is 0. The predicted molar refractivity (Wildman–Crippen MR) is 39.4 cm³/mol. The van der Waals surface area contributed by atoms with Gasteiger partial charge in [-0.05, 0) is 19.8 Å². The van der Waals surface area contributed by atoms with Crippen molar-refractivity contribution in [2.45, 2.75) is 25.8 Å². The van der Waals surface area contributed by atoms with E-state index in [1.165, 1.54) is 0 Å². The van der Waals surface area contributed by atoms with Gasteiger partial charge < -0.3 is 0 Å². The average molecular weight is 145 g/mol. The van der Waals surface area contributed by atoms with Gasteiger partial charge in [-0.1, -0.05) is 12.8 Å². The van der Waals surface area contributed by atoms with Gasteiger partial charge >= 0.3 is 0 Å². The highest BCUT2D eigenvalue weighted by molar-refractivity contribution is 7.77. The highest BCUT2D eigenvalue weighted by atomic mass is 32.1. The maximum absolute atomic E-state index is 10.8. The first-order chi connectivity index (χ1) is 4.22. The highest BCUT2D eigenvalue weighted by Crippen LogP contribution is 2.18. The summed E-state index contributed by atoms with van der Waals surface area (Å²) in [6.07, 6.45) is 2.09. The molecule has 52 valence electrons. The molecule has 0 amide bonds. The van der Waals surface area contributed by atoms with Gasteiger partial charge in [0.25, 0.3) is 0 Å². The first-order valence-corrected chi connectivity index (χ1v) is 3.58. The first kappa shape index (κ1) is 7.09. The Hall–Kier alpha value is -0.0200. The Balaban J connectivity index is 2.49. The van der Waals surface area contributed by atoms with Crippen LogP contribution in [-0.4, -0.2) is 22.7 Å². The van der Waals surface area contributed by atoms with Crippen molar-refractivity contribution in [1.29, 1.82) is 0 Å². The molecule has 9 heavy (non-hydrogen) atoms. The Labute approximate surface area is 60.8 Å². The Bertz CT molecular complexity index is 126. The molecule has 1 aliphatic rings. The first-order valence-electron chi connectivity index (χ1n) is 3.18. The summed E-state index contributed by atoms with van der Waals surface area (Å²) < 4.78 is 1.82. The van der Waals surface area contributed by atoms with Crippen molar-refractivity contribution in [3.05, 3.63) is 0 Å². The molecular weight excluding hydrogens is 134 g/mol. The molecule has 1 rings (SSSR count). The molecule has 3 heteroatoms. The Morgan fingerprint density at radius 1 is 1.78 bits per heavy atom. The van der Waals surface area contributed by atoms with Crippen molar-refractivity contribution >= 4 is 18.6 Å². The number of rotatable bonds is 1. The lowest BCUT2D eigenvalue weighted by atomic mass is 10.2. The van der Waals surface area contributed by atoms with Gasteiger partial charge in [-0.15, -0.1) is 0 Å². The molecule has 0 aromatic rings. The second kappa shape index (κ2) is 2.71.